The summed E-state index contributed by atoms with van der Waals surface area (Å²) in [6, 6.07) is 0. The third-order valence-electron chi connectivity index (χ3n) is 3.60. The summed E-state index contributed by atoms with van der Waals surface area (Å²) < 4.78 is 18.9. The van der Waals surface area contributed by atoms with Crippen LogP contribution in [0.1, 0.15) is 0 Å². The van der Waals surface area contributed by atoms with Gasteiger partial charge in [0, 0.05) is 0 Å². The summed E-state index contributed by atoms with van der Waals surface area (Å²) in [4.78, 5) is 0. The Bertz CT molecular complexity index is 222. The SMILES string of the molecule is N12[Si]34N5[Si]16N3[Si]25N46.[N]#[Ti]. The fraction of sp³-hybridized carbons (Fsp3) is 0. The van der Waals surface area contributed by atoms with Crippen LogP contribution < -0.4 is 0 Å². The quantitative estimate of drug-likeness (QED) is 0.409. The van der Waals surface area contributed by atoms with Crippen molar-refractivity contribution in [2.45, 2.75) is 0 Å². The zero-order valence-corrected chi connectivity index (χ0v) is 8.80. The van der Waals surface area contributed by atoms with Crippen molar-refractivity contribution in [2.24, 2.45) is 0 Å². The van der Waals surface area contributed by atoms with E-state index < -0.39 is 26.2 Å². The minimum atomic E-state index is -0.611. The molecular formula is N5Si3Ti. The second kappa shape index (κ2) is 0.584. The summed E-state index contributed by atoms with van der Waals surface area (Å²) in [7, 11) is -1.83. The molecule has 13 rings (SSSR count). The molecule has 0 amide bonds. The van der Waals surface area contributed by atoms with E-state index in [1.807, 2.05) is 0 Å². The number of hydrogen-bond donors (Lipinski definition) is 0. The molecule has 7 bridgehead atoms. The maximum absolute atomic E-state index is 7.00. The molecule has 0 radical (unpaired) electrons. The molecule has 9 heavy (non-hydrogen) atoms. The average Bonchev–Trinajstić information content (AvgIpc) is 1.20. The van der Waals surface area contributed by atoms with Gasteiger partial charge in [-0.2, -0.15) is 0 Å². The molecule has 0 aromatic carbocycles. The number of hydrogen-bond acceptors (Lipinski definition) is 5. The molecule has 9 heteroatoms. The monoisotopic (exact) mass is 202 g/mol. The third kappa shape index (κ3) is 0.0802. The van der Waals surface area contributed by atoms with Gasteiger partial charge in [-0.25, -0.2) is 0 Å². The molecule has 3 spiro atoms. The molecule has 0 N–H and O–H groups in total. The summed E-state index contributed by atoms with van der Waals surface area (Å²) in [5, 5.41) is 0. The van der Waals surface area contributed by atoms with Gasteiger partial charge in [-0.15, -0.1) is 0 Å². The maximum atomic E-state index is 7.00. The Balaban J connectivity index is 0.000000133. The standard InChI is InChI=1S/N4Si3.N.Ti/c1-5-2-6(1)3(5)7(1,2)4(5)6;;. The Morgan fingerprint density at radius 2 is 0.889 bits per heavy atom. The molecule has 5 nitrogen and oxygen atoms in total. The second-order valence-electron chi connectivity index (χ2n) is 3.14. The summed E-state index contributed by atoms with van der Waals surface area (Å²) in [6.07, 6.45) is 0. The second-order valence-corrected chi connectivity index (χ2v) is 17.5. The molecule has 13 aliphatic rings. The Labute approximate surface area is 65.5 Å². The Morgan fingerprint density at radius 1 is 0.778 bits per heavy atom. The van der Waals surface area contributed by atoms with Crippen molar-refractivity contribution in [3.05, 3.63) is 0 Å². The van der Waals surface area contributed by atoms with E-state index in [1.54, 1.807) is 0 Å². The molecule has 0 aromatic rings. The van der Waals surface area contributed by atoms with Crippen molar-refractivity contribution < 1.29 is 20.1 Å². The van der Waals surface area contributed by atoms with Gasteiger partial charge in [0.1, 0.15) is 0 Å². The van der Waals surface area contributed by atoms with Crippen molar-refractivity contribution in [3.8, 4) is 0 Å². The molecule has 0 atom stereocenters. The van der Waals surface area contributed by atoms with E-state index >= 15 is 0 Å². The Kier molecular flexibility index (Phi) is 0.264. The van der Waals surface area contributed by atoms with Crippen LogP contribution in [0.2, 0.25) is 0 Å². The van der Waals surface area contributed by atoms with Gasteiger partial charge in [0.25, 0.3) is 0 Å². The molecule has 41 valence electrons. The molecule has 13 heterocycles. The van der Waals surface area contributed by atoms with Gasteiger partial charge in [0.2, 0.25) is 0 Å². The Hall–Kier alpha value is 0.915. The van der Waals surface area contributed by atoms with Gasteiger partial charge in [0.05, 0.1) is 0 Å². The third-order valence-corrected chi connectivity index (χ3v) is 32.4. The van der Waals surface area contributed by atoms with Crippen LogP contribution in [0.5, 0.6) is 0 Å². The van der Waals surface area contributed by atoms with Crippen molar-refractivity contribution >= 4 is 26.2 Å². The normalized spacial score (nSPS) is 113. The van der Waals surface area contributed by atoms with Gasteiger partial charge in [-0.05, 0) is 0 Å². The molecular weight excluding hydrogens is 202 g/mol. The van der Waals surface area contributed by atoms with E-state index in [2.05, 4.69) is 15.6 Å². The van der Waals surface area contributed by atoms with E-state index in [9.17, 15) is 0 Å². The summed E-state index contributed by atoms with van der Waals surface area (Å²) in [5.74, 6) is 0. The first-order chi connectivity index (χ1) is 4.46. The van der Waals surface area contributed by atoms with Gasteiger partial charge in [-0.1, -0.05) is 0 Å². The predicted octanol–water partition coefficient (Wildman–Crippen LogP) is -2.40. The summed E-state index contributed by atoms with van der Waals surface area (Å²) >= 11 is 1.00. The van der Waals surface area contributed by atoms with Crippen LogP contribution in [0.4, 0.5) is 0 Å². The number of rotatable bonds is 0. The molecule has 0 saturated carbocycles. The Morgan fingerprint density at radius 3 is 0.889 bits per heavy atom. The molecule has 13 aliphatic heterocycles. The molecule has 13 saturated heterocycles. The van der Waals surface area contributed by atoms with Crippen molar-refractivity contribution in [1.82, 2.24) is 15.6 Å². The molecule has 0 aliphatic carbocycles. The van der Waals surface area contributed by atoms with Crippen molar-refractivity contribution in [1.29, 1.82) is 3.65 Å². The van der Waals surface area contributed by atoms with Crippen LogP contribution in [-0.2, 0) is 20.1 Å². The van der Waals surface area contributed by atoms with Crippen LogP contribution in [-0.4, -0.2) is 41.7 Å². The van der Waals surface area contributed by atoms with Gasteiger partial charge in [-0.3, -0.25) is 15.6 Å². The van der Waals surface area contributed by atoms with Crippen LogP contribution in [0.3, 0.4) is 0 Å². The zero-order valence-electron chi connectivity index (χ0n) is 4.24. The van der Waals surface area contributed by atoms with Crippen LogP contribution >= 0.6 is 0 Å². The number of nitrogens with zero attached hydrogens (tertiary/aromatic N) is 5. The van der Waals surface area contributed by atoms with Gasteiger partial charge in [0.15, 0.2) is 0 Å². The van der Waals surface area contributed by atoms with Gasteiger partial charge >= 0.3 is 49.9 Å². The first-order valence-electron chi connectivity index (χ1n) is 2.91. The fourth-order valence-corrected chi connectivity index (χ4v) is 46.9. The van der Waals surface area contributed by atoms with E-state index in [0.29, 0.717) is 0 Å². The fourth-order valence-electron chi connectivity index (χ4n) is 3.41. The predicted molar refractivity (Wildman–Crippen MR) is 26.3 cm³/mol. The van der Waals surface area contributed by atoms with E-state index in [4.69, 9.17) is 3.65 Å². The summed E-state index contributed by atoms with van der Waals surface area (Å²) in [6.45, 7) is 0. The van der Waals surface area contributed by atoms with Crippen molar-refractivity contribution in [3.63, 3.8) is 0 Å². The summed E-state index contributed by atoms with van der Waals surface area (Å²) in [5.41, 5.74) is 0. The van der Waals surface area contributed by atoms with Crippen molar-refractivity contribution in [2.75, 3.05) is 0 Å². The van der Waals surface area contributed by atoms with Gasteiger partial charge < -0.3 is 0 Å². The molecule has 0 unspecified atom stereocenters. The van der Waals surface area contributed by atoms with Crippen LogP contribution in [0.15, 0.2) is 0 Å². The molecule has 13 fully saturated rings. The van der Waals surface area contributed by atoms with E-state index in [0.717, 1.165) is 20.1 Å². The van der Waals surface area contributed by atoms with Crippen LogP contribution in [0, 0.1) is 3.65 Å². The zero-order chi connectivity index (χ0) is 5.81. The van der Waals surface area contributed by atoms with E-state index in [1.165, 1.54) is 0 Å². The average molecular weight is 202 g/mol. The van der Waals surface area contributed by atoms with E-state index in [-0.39, 0.29) is 0 Å². The first-order valence-corrected chi connectivity index (χ1v) is 8.97. The van der Waals surface area contributed by atoms with Crippen LogP contribution in [0.25, 0.3) is 0 Å². The minimum absolute atomic E-state index is 0.611. The first kappa shape index (κ1) is 4.07. The topological polar surface area (TPSA) is 36.8 Å². The molecule has 0 aromatic heterocycles.